The number of hydrogen-bond acceptors (Lipinski definition) is 4. The number of rotatable bonds is 4. The van der Waals surface area contributed by atoms with Crippen LogP contribution >= 0.6 is 0 Å². The van der Waals surface area contributed by atoms with E-state index in [1.165, 1.54) is 19.3 Å². The van der Waals surface area contributed by atoms with Crippen LogP contribution in [0.1, 0.15) is 30.5 Å². The molecule has 1 aliphatic rings. The summed E-state index contributed by atoms with van der Waals surface area (Å²) in [6.07, 6.45) is 9.70. The van der Waals surface area contributed by atoms with E-state index in [4.69, 9.17) is 4.74 Å². The van der Waals surface area contributed by atoms with E-state index < -0.39 is 0 Å². The third-order valence-electron chi connectivity index (χ3n) is 3.87. The van der Waals surface area contributed by atoms with Crippen molar-refractivity contribution in [2.75, 3.05) is 25.1 Å². The number of ether oxygens (including phenoxy) is 1. The van der Waals surface area contributed by atoms with Gasteiger partial charge in [-0.05, 0) is 49.1 Å². The van der Waals surface area contributed by atoms with Crippen LogP contribution in [0.3, 0.4) is 0 Å². The number of benzene rings is 1. The minimum atomic E-state index is 0.844. The van der Waals surface area contributed by atoms with Gasteiger partial charge in [-0.15, -0.1) is 0 Å². The highest BCUT2D eigenvalue weighted by Crippen LogP contribution is 2.17. The molecule has 4 heteroatoms. The molecule has 3 rings (SSSR count). The van der Waals surface area contributed by atoms with E-state index in [9.17, 15) is 0 Å². The molecule has 4 nitrogen and oxygen atoms in total. The van der Waals surface area contributed by atoms with Gasteiger partial charge in [0.15, 0.2) is 0 Å². The molecule has 2 aromatic rings. The zero-order valence-corrected chi connectivity index (χ0v) is 12.9. The standard InChI is InChI=1S/C18H21N3O/c1-22-17-9-6-15(7-10-17)5-8-16-11-12-19-18(20-16)21-13-3-2-4-14-21/h5-12H,2-4,13-14H2,1H3. The molecule has 0 bridgehead atoms. The van der Waals surface area contributed by atoms with Gasteiger partial charge in [0.25, 0.3) is 0 Å². The lowest BCUT2D eigenvalue weighted by atomic mass is 10.1. The van der Waals surface area contributed by atoms with Crippen molar-refractivity contribution in [2.24, 2.45) is 0 Å². The molecule has 1 fully saturated rings. The van der Waals surface area contributed by atoms with Gasteiger partial charge in [0, 0.05) is 19.3 Å². The van der Waals surface area contributed by atoms with Gasteiger partial charge < -0.3 is 9.64 Å². The molecule has 0 saturated carbocycles. The van der Waals surface area contributed by atoms with Gasteiger partial charge in [0.05, 0.1) is 12.8 Å². The number of nitrogens with zero attached hydrogens (tertiary/aromatic N) is 3. The van der Waals surface area contributed by atoms with Crippen LogP contribution in [0.15, 0.2) is 36.5 Å². The Morgan fingerprint density at radius 2 is 1.77 bits per heavy atom. The van der Waals surface area contributed by atoms with Crippen molar-refractivity contribution in [3.05, 3.63) is 47.8 Å². The predicted molar refractivity (Wildman–Crippen MR) is 90.0 cm³/mol. The minimum absolute atomic E-state index is 0.844. The lowest BCUT2D eigenvalue weighted by Crippen LogP contribution is -2.31. The number of methoxy groups -OCH3 is 1. The maximum atomic E-state index is 5.16. The second-order valence-electron chi connectivity index (χ2n) is 5.44. The van der Waals surface area contributed by atoms with Crippen molar-refractivity contribution in [3.8, 4) is 5.75 Å². The Morgan fingerprint density at radius 3 is 2.50 bits per heavy atom. The smallest absolute Gasteiger partial charge is 0.225 e. The summed E-state index contributed by atoms with van der Waals surface area (Å²) >= 11 is 0. The van der Waals surface area contributed by atoms with Crippen LogP contribution in [-0.2, 0) is 0 Å². The third-order valence-corrected chi connectivity index (χ3v) is 3.87. The number of anilines is 1. The summed E-state index contributed by atoms with van der Waals surface area (Å²) in [4.78, 5) is 11.3. The molecule has 0 spiro atoms. The highest BCUT2D eigenvalue weighted by Gasteiger charge is 2.12. The molecule has 1 saturated heterocycles. The Morgan fingerprint density at radius 1 is 1.00 bits per heavy atom. The van der Waals surface area contributed by atoms with E-state index in [0.717, 1.165) is 36.0 Å². The van der Waals surface area contributed by atoms with Gasteiger partial charge >= 0.3 is 0 Å². The maximum Gasteiger partial charge on any atom is 0.225 e. The fraction of sp³-hybridized carbons (Fsp3) is 0.333. The quantitative estimate of drug-likeness (QED) is 0.863. The summed E-state index contributed by atoms with van der Waals surface area (Å²) in [5, 5.41) is 0. The van der Waals surface area contributed by atoms with Crippen LogP contribution in [0.5, 0.6) is 5.75 Å². The van der Waals surface area contributed by atoms with Gasteiger partial charge in [-0.1, -0.05) is 18.2 Å². The summed E-state index contributed by atoms with van der Waals surface area (Å²) in [6.45, 7) is 2.12. The summed E-state index contributed by atoms with van der Waals surface area (Å²) in [5.41, 5.74) is 2.06. The number of aromatic nitrogens is 2. The van der Waals surface area contributed by atoms with E-state index in [1.807, 2.05) is 42.6 Å². The Hall–Kier alpha value is -2.36. The summed E-state index contributed by atoms with van der Waals surface area (Å²) in [7, 11) is 1.67. The van der Waals surface area contributed by atoms with E-state index >= 15 is 0 Å². The average Bonchev–Trinajstić information content (AvgIpc) is 2.61. The number of piperidine rings is 1. The van der Waals surface area contributed by atoms with Gasteiger partial charge in [0.1, 0.15) is 5.75 Å². The SMILES string of the molecule is COc1ccc(C=Cc2ccnc(N3CCCCC3)n2)cc1. The van der Waals surface area contributed by atoms with E-state index in [-0.39, 0.29) is 0 Å². The van der Waals surface area contributed by atoms with Crippen molar-refractivity contribution in [3.63, 3.8) is 0 Å². The Bertz CT molecular complexity index is 631. The Labute approximate surface area is 131 Å². The van der Waals surface area contributed by atoms with Gasteiger partial charge in [0.2, 0.25) is 5.95 Å². The molecule has 2 heterocycles. The summed E-state index contributed by atoms with van der Waals surface area (Å²) in [5.74, 6) is 1.71. The first kappa shape index (κ1) is 14.6. The summed E-state index contributed by atoms with van der Waals surface area (Å²) < 4.78 is 5.16. The van der Waals surface area contributed by atoms with Gasteiger partial charge in [-0.2, -0.15) is 0 Å². The van der Waals surface area contributed by atoms with Gasteiger partial charge in [-0.3, -0.25) is 0 Å². The first-order chi connectivity index (χ1) is 10.8. The molecule has 0 N–H and O–H groups in total. The number of hydrogen-bond donors (Lipinski definition) is 0. The largest absolute Gasteiger partial charge is 0.497 e. The molecule has 1 aromatic heterocycles. The molecule has 0 unspecified atom stereocenters. The van der Waals surface area contributed by atoms with Crippen LogP contribution in [0, 0.1) is 0 Å². The van der Waals surface area contributed by atoms with Crippen molar-refractivity contribution in [2.45, 2.75) is 19.3 Å². The fourth-order valence-corrected chi connectivity index (χ4v) is 2.60. The van der Waals surface area contributed by atoms with Crippen LogP contribution in [0.2, 0.25) is 0 Å². The first-order valence-corrected chi connectivity index (χ1v) is 7.75. The van der Waals surface area contributed by atoms with Crippen LogP contribution in [-0.4, -0.2) is 30.2 Å². The zero-order valence-electron chi connectivity index (χ0n) is 12.9. The monoisotopic (exact) mass is 295 g/mol. The lowest BCUT2D eigenvalue weighted by molar-refractivity contribution is 0.415. The van der Waals surface area contributed by atoms with Crippen molar-refractivity contribution in [1.82, 2.24) is 9.97 Å². The van der Waals surface area contributed by atoms with Crippen LogP contribution in [0.25, 0.3) is 12.2 Å². The van der Waals surface area contributed by atoms with Crippen molar-refractivity contribution >= 4 is 18.1 Å². The van der Waals surface area contributed by atoms with Crippen LogP contribution in [0.4, 0.5) is 5.95 Å². The molecular formula is C18H21N3O. The Kier molecular flexibility index (Phi) is 4.68. The average molecular weight is 295 g/mol. The van der Waals surface area contributed by atoms with E-state index in [1.54, 1.807) is 7.11 Å². The molecule has 114 valence electrons. The first-order valence-electron chi connectivity index (χ1n) is 7.75. The molecule has 1 aromatic carbocycles. The Balaban J connectivity index is 1.72. The lowest BCUT2D eigenvalue weighted by Gasteiger charge is -2.26. The van der Waals surface area contributed by atoms with Crippen molar-refractivity contribution < 1.29 is 4.74 Å². The predicted octanol–water partition coefficient (Wildman–Crippen LogP) is 3.65. The molecule has 0 atom stereocenters. The van der Waals surface area contributed by atoms with Gasteiger partial charge in [-0.25, -0.2) is 9.97 Å². The second kappa shape index (κ2) is 7.07. The molecule has 0 aliphatic carbocycles. The topological polar surface area (TPSA) is 38.2 Å². The highest BCUT2D eigenvalue weighted by molar-refractivity contribution is 5.68. The normalized spacial score (nSPS) is 15.2. The molecule has 1 aliphatic heterocycles. The second-order valence-corrected chi connectivity index (χ2v) is 5.44. The van der Waals surface area contributed by atoms with E-state index in [0.29, 0.717) is 0 Å². The maximum absolute atomic E-state index is 5.16. The highest BCUT2D eigenvalue weighted by atomic mass is 16.5. The third kappa shape index (κ3) is 3.64. The summed E-state index contributed by atoms with van der Waals surface area (Å²) in [6, 6.07) is 9.91. The molecule has 0 amide bonds. The van der Waals surface area contributed by atoms with E-state index in [2.05, 4.69) is 20.9 Å². The zero-order chi connectivity index (χ0) is 15.2. The molecule has 22 heavy (non-hydrogen) atoms. The van der Waals surface area contributed by atoms with Crippen molar-refractivity contribution in [1.29, 1.82) is 0 Å². The molecule has 0 radical (unpaired) electrons. The minimum Gasteiger partial charge on any atom is -0.497 e. The molecular weight excluding hydrogens is 274 g/mol. The fourth-order valence-electron chi connectivity index (χ4n) is 2.60. The van der Waals surface area contributed by atoms with Crippen LogP contribution < -0.4 is 9.64 Å².